The highest BCUT2D eigenvalue weighted by molar-refractivity contribution is 7.90. The van der Waals surface area contributed by atoms with Crippen molar-refractivity contribution in [3.63, 3.8) is 0 Å². The summed E-state index contributed by atoms with van der Waals surface area (Å²) in [7, 11) is -3.97. The first-order chi connectivity index (χ1) is 19.6. The van der Waals surface area contributed by atoms with Crippen LogP contribution in [0.2, 0.25) is 5.02 Å². The van der Waals surface area contributed by atoms with Gasteiger partial charge in [-0.05, 0) is 55.2 Å². The van der Waals surface area contributed by atoms with Gasteiger partial charge in [0.05, 0.1) is 5.56 Å². The van der Waals surface area contributed by atoms with Crippen LogP contribution in [0.3, 0.4) is 0 Å². The molecular formula is C31H34ClN3O5S. The van der Waals surface area contributed by atoms with Crippen LogP contribution in [0.1, 0.15) is 54.6 Å². The molecule has 0 spiro atoms. The maximum Gasteiger partial charge on any atom is 0.269 e. The van der Waals surface area contributed by atoms with Gasteiger partial charge in [-0.15, -0.1) is 0 Å². The lowest BCUT2D eigenvalue weighted by Crippen LogP contribution is -2.52. The van der Waals surface area contributed by atoms with Crippen LogP contribution in [-0.4, -0.2) is 54.0 Å². The molecule has 216 valence electrons. The second kappa shape index (κ2) is 13.3. The zero-order valence-corrected chi connectivity index (χ0v) is 24.7. The Morgan fingerprint density at radius 2 is 1.66 bits per heavy atom. The van der Waals surface area contributed by atoms with E-state index in [1.54, 1.807) is 30.3 Å². The predicted octanol–water partition coefficient (Wildman–Crippen LogP) is 4.82. The van der Waals surface area contributed by atoms with E-state index >= 15 is 0 Å². The molecule has 2 atom stereocenters. The number of carbonyl (C=O) groups is 3. The number of halogens is 1. The van der Waals surface area contributed by atoms with Crippen LogP contribution < -0.4 is 5.32 Å². The Hall–Kier alpha value is -3.69. The number of benzene rings is 3. The van der Waals surface area contributed by atoms with E-state index in [0.29, 0.717) is 11.4 Å². The summed E-state index contributed by atoms with van der Waals surface area (Å²) in [4.78, 5) is 41.7. The molecule has 3 aromatic rings. The van der Waals surface area contributed by atoms with Crippen LogP contribution in [0.4, 0.5) is 0 Å². The van der Waals surface area contributed by atoms with E-state index < -0.39 is 22.0 Å². The van der Waals surface area contributed by atoms with Crippen LogP contribution in [0.5, 0.6) is 0 Å². The highest BCUT2D eigenvalue weighted by atomic mass is 35.5. The molecule has 0 radical (unpaired) electrons. The van der Waals surface area contributed by atoms with Crippen LogP contribution >= 0.6 is 11.6 Å². The van der Waals surface area contributed by atoms with Gasteiger partial charge in [-0.1, -0.05) is 73.1 Å². The van der Waals surface area contributed by atoms with Crippen molar-refractivity contribution in [1.29, 1.82) is 0 Å². The van der Waals surface area contributed by atoms with Gasteiger partial charge < -0.3 is 10.2 Å². The molecule has 8 nitrogen and oxygen atoms in total. The van der Waals surface area contributed by atoms with Gasteiger partial charge in [0.1, 0.15) is 10.9 Å². The van der Waals surface area contributed by atoms with E-state index in [-0.39, 0.29) is 54.2 Å². The van der Waals surface area contributed by atoms with Crippen LogP contribution in [0.25, 0.3) is 0 Å². The van der Waals surface area contributed by atoms with Crippen LogP contribution in [0, 0.1) is 0 Å². The highest BCUT2D eigenvalue weighted by Crippen LogP contribution is 2.30. The molecule has 0 unspecified atom stereocenters. The fourth-order valence-corrected chi connectivity index (χ4v) is 6.62. The number of nitrogens with one attached hydrogen (secondary N) is 1. The largest absolute Gasteiger partial charge is 0.352 e. The van der Waals surface area contributed by atoms with Gasteiger partial charge in [0.25, 0.3) is 15.9 Å². The molecule has 10 heteroatoms. The number of hydrogen-bond donors (Lipinski definition) is 1. The number of amides is 3. The van der Waals surface area contributed by atoms with Gasteiger partial charge in [-0.25, -0.2) is 12.7 Å². The molecule has 1 aliphatic heterocycles. The number of fused-ring (bicyclic) bond motifs is 1. The van der Waals surface area contributed by atoms with Gasteiger partial charge in [0.2, 0.25) is 11.8 Å². The first kappa shape index (κ1) is 30.3. The number of nitrogens with zero attached hydrogens (tertiary/aromatic N) is 2. The topological polar surface area (TPSA) is 104 Å². The SMILES string of the molecule is CC[C@H](C)NC(=O)[C@H](Cc1ccccc1)N(Cc1cccc(Cl)c1)C(=O)CCCN1C(=O)c2ccccc2S1(=O)=O. The lowest BCUT2D eigenvalue weighted by molar-refractivity contribution is -0.141. The monoisotopic (exact) mass is 595 g/mol. The summed E-state index contributed by atoms with van der Waals surface area (Å²) in [6, 6.07) is 21.8. The zero-order valence-electron chi connectivity index (χ0n) is 23.1. The summed E-state index contributed by atoms with van der Waals surface area (Å²) in [6.45, 7) is 3.87. The minimum atomic E-state index is -3.97. The van der Waals surface area contributed by atoms with Crippen molar-refractivity contribution in [1.82, 2.24) is 14.5 Å². The van der Waals surface area contributed by atoms with Crippen molar-refractivity contribution in [2.45, 2.75) is 63.1 Å². The third-order valence-corrected chi connectivity index (χ3v) is 9.25. The van der Waals surface area contributed by atoms with Crippen molar-refractivity contribution in [2.75, 3.05) is 6.54 Å². The predicted molar refractivity (Wildman–Crippen MR) is 158 cm³/mol. The fourth-order valence-electron chi connectivity index (χ4n) is 4.80. The number of sulfonamides is 1. The van der Waals surface area contributed by atoms with E-state index in [1.807, 2.05) is 50.2 Å². The van der Waals surface area contributed by atoms with Crippen LogP contribution in [0.15, 0.2) is 83.8 Å². The molecule has 1 N–H and O–H groups in total. The van der Waals surface area contributed by atoms with E-state index in [2.05, 4.69) is 5.32 Å². The third-order valence-electron chi connectivity index (χ3n) is 7.18. The molecule has 1 heterocycles. The Morgan fingerprint density at radius 3 is 2.34 bits per heavy atom. The van der Waals surface area contributed by atoms with Crippen LogP contribution in [-0.2, 0) is 32.6 Å². The lowest BCUT2D eigenvalue weighted by Gasteiger charge is -2.32. The molecule has 4 rings (SSSR count). The molecule has 0 aromatic heterocycles. The van der Waals surface area contributed by atoms with Crippen molar-refractivity contribution >= 4 is 39.3 Å². The van der Waals surface area contributed by atoms with E-state index in [9.17, 15) is 22.8 Å². The quantitative estimate of drug-likeness (QED) is 0.323. The molecule has 1 aliphatic rings. The van der Waals surface area contributed by atoms with Gasteiger partial charge >= 0.3 is 0 Å². The second-order valence-corrected chi connectivity index (χ2v) is 12.4. The maximum atomic E-state index is 13.8. The molecule has 0 fully saturated rings. The van der Waals surface area contributed by atoms with E-state index in [4.69, 9.17) is 11.6 Å². The van der Waals surface area contributed by atoms with Crippen molar-refractivity contribution in [2.24, 2.45) is 0 Å². The summed E-state index contributed by atoms with van der Waals surface area (Å²) < 4.78 is 26.7. The molecule has 0 bridgehead atoms. The van der Waals surface area contributed by atoms with Gasteiger partial charge in [-0.2, -0.15) is 0 Å². The molecule has 0 saturated heterocycles. The lowest BCUT2D eigenvalue weighted by atomic mass is 10.0. The fraction of sp³-hybridized carbons (Fsp3) is 0.323. The third kappa shape index (κ3) is 7.15. The standard InChI is InChI=1S/C31H34ClN3O5S/c1-3-22(2)33-30(37)27(20-23-11-5-4-6-12-23)34(21-24-13-9-14-25(32)19-24)29(36)17-10-18-35-31(38)26-15-7-8-16-28(26)41(35,39)40/h4-9,11-16,19,22,27H,3,10,17-18,20-21H2,1-2H3,(H,33,37)/t22-,27-/m0/s1. The van der Waals surface area contributed by atoms with Gasteiger partial charge in [0, 0.05) is 37.0 Å². The Morgan fingerprint density at radius 1 is 0.976 bits per heavy atom. The van der Waals surface area contributed by atoms with Gasteiger partial charge in [0.15, 0.2) is 0 Å². The normalized spacial score (nSPS) is 15.2. The molecule has 41 heavy (non-hydrogen) atoms. The molecular weight excluding hydrogens is 562 g/mol. The first-order valence-electron chi connectivity index (χ1n) is 13.7. The summed E-state index contributed by atoms with van der Waals surface area (Å²) in [5.74, 6) is -1.20. The number of carbonyl (C=O) groups excluding carboxylic acids is 3. The number of hydrogen-bond acceptors (Lipinski definition) is 5. The summed E-state index contributed by atoms with van der Waals surface area (Å²) in [5, 5.41) is 3.53. The van der Waals surface area contributed by atoms with Crippen molar-refractivity contribution in [3.8, 4) is 0 Å². The highest BCUT2D eigenvalue weighted by Gasteiger charge is 2.40. The second-order valence-electron chi connectivity index (χ2n) is 10.2. The average molecular weight is 596 g/mol. The molecule has 3 aromatic carbocycles. The minimum Gasteiger partial charge on any atom is -0.352 e. The maximum absolute atomic E-state index is 13.8. The first-order valence-corrected chi connectivity index (χ1v) is 15.5. The van der Waals surface area contributed by atoms with Gasteiger partial charge in [-0.3, -0.25) is 14.4 Å². The Kier molecular flexibility index (Phi) is 9.83. The summed E-state index contributed by atoms with van der Waals surface area (Å²) in [6.07, 6.45) is 1.07. The minimum absolute atomic E-state index is 0.0245. The van der Waals surface area contributed by atoms with Crippen molar-refractivity contribution in [3.05, 3.63) is 101 Å². The molecule has 0 aliphatic carbocycles. The Labute approximate surface area is 246 Å². The van der Waals surface area contributed by atoms with E-state index in [1.165, 1.54) is 17.0 Å². The Bertz CT molecular complexity index is 1510. The van der Waals surface area contributed by atoms with E-state index in [0.717, 1.165) is 21.9 Å². The zero-order chi connectivity index (χ0) is 29.6. The smallest absolute Gasteiger partial charge is 0.269 e. The van der Waals surface area contributed by atoms with Crippen molar-refractivity contribution < 1.29 is 22.8 Å². The summed E-state index contributed by atoms with van der Waals surface area (Å²) >= 11 is 6.23. The molecule has 0 saturated carbocycles. The molecule has 3 amide bonds. The summed E-state index contributed by atoms with van der Waals surface area (Å²) in [5.41, 5.74) is 1.78. The Balaban J connectivity index is 1.57. The average Bonchev–Trinajstić information content (AvgIpc) is 3.15. The number of rotatable bonds is 12.